The fraction of sp³-hybridized carbons (Fsp3) is 0.107. The molecule has 0 aliphatic heterocycles. The van der Waals surface area contributed by atoms with Crippen LogP contribution in [0.2, 0.25) is 0 Å². The van der Waals surface area contributed by atoms with E-state index in [0.29, 0.717) is 0 Å². The van der Waals surface area contributed by atoms with Gasteiger partial charge >= 0.3 is 0 Å². The number of nitrogens with zero attached hydrogens (tertiary/aromatic N) is 2. The number of aliphatic hydroxyl groups excluding tert-OH is 1. The second-order valence-corrected chi connectivity index (χ2v) is 8.00. The molecule has 152 valence electrons. The third-order valence-corrected chi connectivity index (χ3v) is 5.80. The minimum Gasteiger partial charge on any atom is -0.392 e. The highest BCUT2D eigenvalue weighted by Gasteiger charge is 2.27. The second-order valence-electron chi connectivity index (χ2n) is 8.00. The number of hydrogen-bond acceptors (Lipinski definition) is 3. The first kappa shape index (κ1) is 19.3. The zero-order valence-electron chi connectivity index (χ0n) is 17.7. The summed E-state index contributed by atoms with van der Waals surface area (Å²) in [6.45, 7) is 0.0368. The molecule has 0 unspecified atom stereocenters. The Labute approximate surface area is 183 Å². The van der Waals surface area contributed by atoms with E-state index in [0.717, 1.165) is 44.9 Å². The predicted molar refractivity (Wildman–Crippen MR) is 129 cm³/mol. The summed E-state index contributed by atoms with van der Waals surface area (Å²) < 4.78 is 0. The minimum atomic E-state index is 0.0368. The smallest absolute Gasteiger partial charge is 0.0794 e. The summed E-state index contributed by atoms with van der Waals surface area (Å²) in [6, 6.07) is 31.3. The van der Waals surface area contributed by atoms with Gasteiger partial charge in [0, 0.05) is 30.9 Å². The van der Waals surface area contributed by atoms with E-state index < -0.39 is 0 Å². The number of aliphatic hydroxyl groups is 1. The van der Waals surface area contributed by atoms with E-state index in [1.807, 2.05) is 26.2 Å². The quantitative estimate of drug-likeness (QED) is 0.395. The van der Waals surface area contributed by atoms with Gasteiger partial charge in [-0.05, 0) is 58.1 Å². The monoisotopic (exact) mass is 404 g/mol. The average molecular weight is 405 g/mol. The molecule has 0 radical (unpaired) electrons. The van der Waals surface area contributed by atoms with Crippen LogP contribution in [0.15, 0.2) is 96.0 Å². The van der Waals surface area contributed by atoms with Crippen LogP contribution in [-0.4, -0.2) is 24.9 Å². The van der Waals surface area contributed by atoms with Crippen molar-refractivity contribution in [3.8, 4) is 22.3 Å². The Hall–Kier alpha value is -3.69. The van der Waals surface area contributed by atoms with Crippen LogP contribution in [0.3, 0.4) is 0 Å². The van der Waals surface area contributed by atoms with Gasteiger partial charge in [-0.1, -0.05) is 60.7 Å². The normalized spacial score (nSPS) is 13.2. The van der Waals surface area contributed by atoms with Gasteiger partial charge in [-0.15, -0.1) is 0 Å². The number of rotatable bonds is 4. The summed E-state index contributed by atoms with van der Waals surface area (Å²) in [4.78, 5) is 7.16. The van der Waals surface area contributed by atoms with Gasteiger partial charge in [0.1, 0.15) is 0 Å². The fourth-order valence-electron chi connectivity index (χ4n) is 4.25. The topological polar surface area (TPSA) is 35.8 Å². The first-order valence-electron chi connectivity index (χ1n) is 10.4. The molecule has 0 atom stereocenters. The number of anilines is 1. The van der Waals surface area contributed by atoms with E-state index in [-0.39, 0.29) is 6.61 Å². The lowest BCUT2D eigenvalue weighted by molar-refractivity contribution is 0.282. The van der Waals surface area contributed by atoms with Gasteiger partial charge < -0.3 is 10.0 Å². The summed E-state index contributed by atoms with van der Waals surface area (Å²) in [5.74, 6) is 0. The van der Waals surface area contributed by atoms with Crippen molar-refractivity contribution in [3.63, 3.8) is 0 Å². The van der Waals surface area contributed by atoms with Crippen molar-refractivity contribution in [1.82, 2.24) is 0 Å². The molecule has 0 amide bonds. The molecule has 0 spiro atoms. The molecule has 1 aliphatic rings. The molecule has 3 heteroatoms. The van der Waals surface area contributed by atoms with Crippen LogP contribution >= 0.6 is 0 Å². The van der Waals surface area contributed by atoms with Crippen LogP contribution in [-0.2, 0) is 6.61 Å². The van der Waals surface area contributed by atoms with E-state index in [9.17, 15) is 5.11 Å². The van der Waals surface area contributed by atoms with Crippen molar-refractivity contribution in [1.29, 1.82) is 0 Å². The van der Waals surface area contributed by atoms with Gasteiger partial charge in [0.25, 0.3) is 0 Å². The molecule has 1 N–H and O–H groups in total. The van der Waals surface area contributed by atoms with Crippen LogP contribution in [0, 0.1) is 0 Å². The van der Waals surface area contributed by atoms with Gasteiger partial charge in [0.05, 0.1) is 18.0 Å². The van der Waals surface area contributed by atoms with E-state index in [4.69, 9.17) is 4.99 Å². The summed E-state index contributed by atoms with van der Waals surface area (Å²) in [6.07, 6.45) is 0. The SMILES string of the molecule is CN(C)c1ccc(/N=C2\c3ccccc3-c3c2cccc3-c2cccc(CO)c2)cc1. The highest BCUT2D eigenvalue weighted by molar-refractivity contribution is 6.26. The molecule has 5 rings (SSSR count). The first-order chi connectivity index (χ1) is 15.2. The zero-order valence-corrected chi connectivity index (χ0v) is 17.7. The van der Waals surface area contributed by atoms with Gasteiger partial charge in [0.2, 0.25) is 0 Å². The lowest BCUT2D eigenvalue weighted by Gasteiger charge is -2.12. The molecule has 4 aromatic rings. The third kappa shape index (κ3) is 3.43. The number of aliphatic imine (C=N–C) groups is 1. The van der Waals surface area contributed by atoms with Crippen molar-refractivity contribution in [2.24, 2.45) is 4.99 Å². The van der Waals surface area contributed by atoms with E-state index in [1.54, 1.807) is 0 Å². The first-order valence-corrected chi connectivity index (χ1v) is 10.4. The predicted octanol–water partition coefficient (Wildman–Crippen LogP) is 6.06. The van der Waals surface area contributed by atoms with Crippen molar-refractivity contribution < 1.29 is 5.11 Å². The van der Waals surface area contributed by atoms with Crippen LogP contribution in [0.25, 0.3) is 22.3 Å². The Morgan fingerprint density at radius 1 is 0.710 bits per heavy atom. The average Bonchev–Trinajstić information content (AvgIpc) is 3.13. The molecule has 0 saturated carbocycles. The van der Waals surface area contributed by atoms with Crippen molar-refractivity contribution in [2.75, 3.05) is 19.0 Å². The van der Waals surface area contributed by atoms with Crippen LogP contribution in [0.1, 0.15) is 16.7 Å². The standard InChI is InChI=1S/C28H24N2O/c1-30(2)22-15-13-21(14-16-22)29-28-25-10-4-3-9-24(25)27-23(11-6-12-26(27)28)20-8-5-7-19(17-20)18-31/h3-17,31H,18H2,1-2H3/b29-28+. The highest BCUT2D eigenvalue weighted by atomic mass is 16.3. The summed E-state index contributed by atoms with van der Waals surface area (Å²) in [5.41, 5.74) is 11.0. The minimum absolute atomic E-state index is 0.0368. The maximum atomic E-state index is 9.60. The van der Waals surface area contributed by atoms with E-state index >= 15 is 0 Å². The van der Waals surface area contributed by atoms with Crippen LogP contribution < -0.4 is 4.90 Å². The Morgan fingerprint density at radius 3 is 2.13 bits per heavy atom. The Balaban J connectivity index is 1.69. The molecule has 0 aromatic heterocycles. The summed E-state index contributed by atoms with van der Waals surface area (Å²) >= 11 is 0. The molecule has 0 heterocycles. The van der Waals surface area contributed by atoms with Crippen LogP contribution in [0.5, 0.6) is 0 Å². The summed E-state index contributed by atoms with van der Waals surface area (Å²) in [5, 5.41) is 9.60. The zero-order chi connectivity index (χ0) is 21.4. The highest BCUT2D eigenvalue weighted by Crippen LogP contribution is 2.44. The largest absolute Gasteiger partial charge is 0.392 e. The maximum absolute atomic E-state index is 9.60. The second kappa shape index (κ2) is 7.86. The molecule has 1 aliphatic carbocycles. The summed E-state index contributed by atoms with van der Waals surface area (Å²) in [7, 11) is 4.08. The molecular weight excluding hydrogens is 380 g/mol. The molecule has 0 fully saturated rings. The number of benzene rings is 4. The fourth-order valence-corrected chi connectivity index (χ4v) is 4.25. The van der Waals surface area contributed by atoms with Crippen molar-refractivity contribution in [2.45, 2.75) is 6.61 Å². The Kier molecular flexibility index (Phi) is 4.89. The van der Waals surface area contributed by atoms with Gasteiger partial charge in [-0.3, -0.25) is 0 Å². The van der Waals surface area contributed by atoms with Gasteiger partial charge in [-0.25, -0.2) is 4.99 Å². The number of hydrogen-bond donors (Lipinski definition) is 1. The third-order valence-electron chi connectivity index (χ3n) is 5.80. The molecule has 4 aromatic carbocycles. The Morgan fingerprint density at radius 2 is 1.39 bits per heavy atom. The van der Waals surface area contributed by atoms with E-state index in [2.05, 4.69) is 83.8 Å². The molecule has 0 bridgehead atoms. The van der Waals surface area contributed by atoms with Crippen LogP contribution in [0.4, 0.5) is 11.4 Å². The lowest BCUT2D eigenvalue weighted by Crippen LogP contribution is -2.07. The molecule has 0 saturated heterocycles. The molecular formula is C28H24N2O. The van der Waals surface area contributed by atoms with Gasteiger partial charge in [0.15, 0.2) is 0 Å². The lowest BCUT2D eigenvalue weighted by atomic mass is 9.93. The van der Waals surface area contributed by atoms with E-state index in [1.165, 1.54) is 11.1 Å². The van der Waals surface area contributed by atoms with Crippen molar-refractivity contribution >= 4 is 17.1 Å². The molecule has 31 heavy (non-hydrogen) atoms. The van der Waals surface area contributed by atoms with Crippen molar-refractivity contribution in [3.05, 3.63) is 108 Å². The van der Waals surface area contributed by atoms with Gasteiger partial charge in [-0.2, -0.15) is 0 Å². The number of fused-ring (bicyclic) bond motifs is 3. The molecule has 3 nitrogen and oxygen atoms in total. The maximum Gasteiger partial charge on any atom is 0.0794 e. The Bertz CT molecular complexity index is 1290.